The minimum absolute atomic E-state index is 0.488. The Bertz CT molecular complexity index is 401. The van der Waals surface area contributed by atoms with E-state index in [-0.39, 0.29) is 0 Å². The van der Waals surface area contributed by atoms with Gasteiger partial charge in [-0.15, -0.1) is 0 Å². The molecule has 2 saturated carbocycles. The fraction of sp³-hybridized carbons (Fsp3) is 0.700. The van der Waals surface area contributed by atoms with Crippen LogP contribution in [0.25, 0.3) is 0 Å². The Balaban J connectivity index is 1.92. The third kappa shape index (κ3) is 2.54. The first-order valence-electron chi connectivity index (χ1n) is 8.92. The topological polar surface area (TPSA) is 0 Å². The zero-order valence-electron chi connectivity index (χ0n) is 13.1. The van der Waals surface area contributed by atoms with Gasteiger partial charge in [0, 0.05) is 0 Å². The van der Waals surface area contributed by atoms with E-state index in [1.165, 1.54) is 64.2 Å². The average Bonchev–Trinajstić information content (AvgIpc) is 2.56. The summed E-state index contributed by atoms with van der Waals surface area (Å²) in [7, 11) is 0. The van der Waals surface area contributed by atoms with Crippen molar-refractivity contribution in [3.63, 3.8) is 0 Å². The molecule has 2 aliphatic carbocycles. The molecule has 2 unspecified atom stereocenters. The molecular formula is C20H30. The van der Waals surface area contributed by atoms with Crippen molar-refractivity contribution in [3.05, 3.63) is 35.9 Å². The summed E-state index contributed by atoms with van der Waals surface area (Å²) in [6, 6.07) is 11.5. The minimum atomic E-state index is 0.488. The molecule has 0 aliphatic heterocycles. The molecule has 1 aromatic carbocycles. The molecule has 0 heteroatoms. The molecule has 0 aromatic heterocycles. The van der Waals surface area contributed by atoms with E-state index < -0.39 is 0 Å². The largest absolute Gasteiger partial charge is 0.0645 e. The van der Waals surface area contributed by atoms with Crippen molar-refractivity contribution < 1.29 is 0 Å². The average molecular weight is 270 g/mol. The SMILES string of the molecule is CCC1(c2ccccc2)CCCCC1C1CCCCC1. The van der Waals surface area contributed by atoms with Crippen molar-refractivity contribution in [2.45, 2.75) is 76.5 Å². The molecule has 2 atom stereocenters. The molecule has 0 nitrogen and oxygen atoms in total. The minimum Gasteiger partial charge on any atom is -0.0645 e. The summed E-state index contributed by atoms with van der Waals surface area (Å²) in [5.74, 6) is 1.95. The van der Waals surface area contributed by atoms with Gasteiger partial charge in [0.05, 0.1) is 0 Å². The van der Waals surface area contributed by atoms with Crippen molar-refractivity contribution in [1.82, 2.24) is 0 Å². The molecule has 20 heavy (non-hydrogen) atoms. The number of rotatable bonds is 3. The highest BCUT2D eigenvalue weighted by Crippen LogP contribution is 2.52. The van der Waals surface area contributed by atoms with E-state index in [1.807, 2.05) is 0 Å². The molecule has 1 aromatic rings. The molecule has 0 spiro atoms. The van der Waals surface area contributed by atoms with E-state index in [4.69, 9.17) is 0 Å². The lowest BCUT2D eigenvalue weighted by molar-refractivity contribution is 0.0908. The summed E-state index contributed by atoms with van der Waals surface area (Å²) in [5.41, 5.74) is 2.12. The van der Waals surface area contributed by atoms with E-state index in [0.717, 1.165) is 11.8 Å². The zero-order valence-corrected chi connectivity index (χ0v) is 13.1. The first-order chi connectivity index (χ1) is 9.87. The van der Waals surface area contributed by atoms with Gasteiger partial charge in [-0.1, -0.05) is 82.2 Å². The van der Waals surface area contributed by atoms with Crippen LogP contribution in [-0.4, -0.2) is 0 Å². The molecule has 0 bridgehead atoms. The van der Waals surface area contributed by atoms with Crippen molar-refractivity contribution in [2.75, 3.05) is 0 Å². The Morgan fingerprint density at radius 2 is 1.60 bits per heavy atom. The predicted molar refractivity (Wildman–Crippen MR) is 86.9 cm³/mol. The molecule has 2 aliphatic rings. The molecule has 2 fully saturated rings. The lowest BCUT2D eigenvalue weighted by atomic mass is 9.56. The normalized spacial score (nSPS) is 32.1. The Labute approximate surface area is 125 Å². The van der Waals surface area contributed by atoms with Gasteiger partial charge in [0.15, 0.2) is 0 Å². The second kappa shape index (κ2) is 6.33. The number of benzene rings is 1. The van der Waals surface area contributed by atoms with Crippen LogP contribution in [0.1, 0.15) is 76.7 Å². The van der Waals surface area contributed by atoms with Gasteiger partial charge in [-0.25, -0.2) is 0 Å². The second-order valence-corrected chi connectivity index (χ2v) is 7.13. The molecular weight excluding hydrogens is 240 g/mol. The highest BCUT2D eigenvalue weighted by Gasteiger charge is 2.44. The van der Waals surface area contributed by atoms with E-state index in [1.54, 1.807) is 5.56 Å². The van der Waals surface area contributed by atoms with Crippen LogP contribution in [0.5, 0.6) is 0 Å². The van der Waals surface area contributed by atoms with Crippen LogP contribution >= 0.6 is 0 Å². The van der Waals surface area contributed by atoms with Gasteiger partial charge in [-0.3, -0.25) is 0 Å². The van der Waals surface area contributed by atoms with Crippen LogP contribution in [0, 0.1) is 11.8 Å². The first-order valence-corrected chi connectivity index (χ1v) is 8.92. The molecule has 0 heterocycles. The van der Waals surface area contributed by atoms with Gasteiger partial charge in [0.2, 0.25) is 0 Å². The van der Waals surface area contributed by atoms with E-state index in [2.05, 4.69) is 37.3 Å². The van der Waals surface area contributed by atoms with Crippen LogP contribution in [-0.2, 0) is 5.41 Å². The van der Waals surface area contributed by atoms with E-state index in [0.29, 0.717) is 5.41 Å². The third-order valence-corrected chi connectivity index (χ3v) is 6.30. The van der Waals surface area contributed by atoms with Crippen molar-refractivity contribution in [2.24, 2.45) is 11.8 Å². The highest BCUT2D eigenvalue weighted by atomic mass is 14.5. The number of hydrogen-bond donors (Lipinski definition) is 0. The lowest BCUT2D eigenvalue weighted by Crippen LogP contribution is -2.42. The maximum absolute atomic E-state index is 2.44. The van der Waals surface area contributed by atoms with Gasteiger partial charge >= 0.3 is 0 Å². The molecule has 0 saturated heterocycles. The van der Waals surface area contributed by atoms with Crippen LogP contribution in [0.2, 0.25) is 0 Å². The van der Waals surface area contributed by atoms with Crippen LogP contribution in [0.4, 0.5) is 0 Å². The fourth-order valence-electron chi connectivity index (χ4n) is 5.26. The second-order valence-electron chi connectivity index (χ2n) is 7.13. The third-order valence-electron chi connectivity index (χ3n) is 6.30. The summed E-state index contributed by atoms with van der Waals surface area (Å²) in [6.07, 6.45) is 14.6. The molecule has 3 rings (SSSR count). The van der Waals surface area contributed by atoms with Crippen LogP contribution in [0.15, 0.2) is 30.3 Å². The predicted octanol–water partition coefficient (Wildman–Crippen LogP) is 6.10. The molecule has 0 N–H and O–H groups in total. The Hall–Kier alpha value is -0.780. The lowest BCUT2D eigenvalue weighted by Gasteiger charge is -2.49. The monoisotopic (exact) mass is 270 g/mol. The Kier molecular flexibility index (Phi) is 4.48. The van der Waals surface area contributed by atoms with Gasteiger partial charge in [-0.2, -0.15) is 0 Å². The van der Waals surface area contributed by atoms with Gasteiger partial charge < -0.3 is 0 Å². The standard InChI is InChI=1S/C20H30/c1-2-20(18-13-7-4-8-14-18)16-10-9-15-19(20)17-11-5-3-6-12-17/h4,7-8,13-14,17,19H,2-3,5-6,9-12,15-16H2,1H3. The summed E-state index contributed by atoms with van der Waals surface area (Å²) in [6.45, 7) is 2.44. The first kappa shape index (κ1) is 14.2. The Morgan fingerprint density at radius 3 is 2.30 bits per heavy atom. The quantitative estimate of drug-likeness (QED) is 0.622. The maximum atomic E-state index is 2.44. The summed E-state index contributed by atoms with van der Waals surface area (Å²) < 4.78 is 0. The van der Waals surface area contributed by atoms with Crippen LogP contribution < -0.4 is 0 Å². The van der Waals surface area contributed by atoms with Crippen molar-refractivity contribution in [3.8, 4) is 0 Å². The van der Waals surface area contributed by atoms with Crippen LogP contribution in [0.3, 0.4) is 0 Å². The summed E-state index contributed by atoms with van der Waals surface area (Å²) in [5, 5.41) is 0. The van der Waals surface area contributed by atoms with Gasteiger partial charge in [0.1, 0.15) is 0 Å². The highest BCUT2D eigenvalue weighted by molar-refractivity contribution is 5.27. The molecule has 110 valence electrons. The zero-order chi connectivity index (χ0) is 13.8. The van der Waals surface area contributed by atoms with E-state index in [9.17, 15) is 0 Å². The Morgan fingerprint density at radius 1 is 0.900 bits per heavy atom. The fourth-order valence-corrected chi connectivity index (χ4v) is 5.26. The van der Waals surface area contributed by atoms with Crippen molar-refractivity contribution in [1.29, 1.82) is 0 Å². The summed E-state index contributed by atoms with van der Waals surface area (Å²) in [4.78, 5) is 0. The van der Waals surface area contributed by atoms with Gasteiger partial charge in [0.25, 0.3) is 0 Å². The van der Waals surface area contributed by atoms with E-state index >= 15 is 0 Å². The van der Waals surface area contributed by atoms with Gasteiger partial charge in [-0.05, 0) is 42.1 Å². The van der Waals surface area contributed by atoms with Crippen molar-refractivity contribution >= 4 is 0 Å². The maximum Gasteiger partial charge on any atom is -0.00187 e. The molecule has 0 radical (unpaired) electrons. The number of hydrogen-bond acceptors (Lipinski definition) is 0. The molecule has 0 amide bonds. The summed E-state index contributed by atoms with van der Waals surface area (Å²) >= 11 is 0. The smallest absolute Gasteiger partial charge is 0.00187 e.